The molecule has 0 aromatic carbocycles. The van der Waals surface area contributed by atoms with Crippen molar-refractivity contribution in [1.29, 1.82) is 0 Å². The number of sulfonamides is 1. The third-order valence-electron chi connectivity index (χ3n) is 5.81. The van der Waals surface area contributed by atoms with Crippen molar-refractivity contribution >= 4 is 59.8 Å². The van der Waals surface area contributed by atoms with Gasteiger partial charge in [-0.15, -0.1) is 11.3 Å². The molecule has 1 aliphatic rings. The lowest BCUT2D eigenvalue weighted by Gasteiger charge is -2.35. The minimum atomic E-state index is -3.66. The molecule has 0 aliphatic carbocycles. The molecule has 13 heteroatoms. The molecule has 0 spiro atoms. The van der Waals surface area contributed by atoms with Crippen molar-refractivity contribution in [2.24, 2.45) is 0 Å². The average molecular weight is 538 g/mol. The molecule has 0 radical (unpaired) electrons. The Kier molecular flexibility index (Phi) is 7.71. The Bertz CT molecular complexity index is 1330. The van der Waals surface area contributed by atoms with Gasteiger partial charge in [0, 0.05) is 52.1 Å². The molecule has 1 aliphatic heterocycles. The van der Waals surface area contributed by atoms with E-state index in [1.54, 1.807) is 18.3 Å². The number of nitrogens with zero attached hydrogens (tertiary/aromatic N) is 5. The summed E-state index contributed by atoms with van der Waals surface area (Å²) < 4.78 is 29.2. The summed E-state index contributed by atoms with van der Waals surface area (Å²) in [7, 11) is -3.66. The number of piperazine rings is 1. The molecule has 4 heterocycles. The van der Waals surface area contributed by atoms with Gasteiger partial charge in [0.1, 0.15) is 11.6 Å². The second-order valence-corrected chi connectivity index (χ2v) is 12.8. The zero-order valence-electron chi connectivity index (χ0n) is 20.6. The molecule has 10 nitrogen and oxygen atoms in total. The van der Waals surface area contributed by atoms with E-state index < -0.39 is 10.0 Å². The van der Waals surface area contributed by atoms with Crippen LogP contribution in [0.4, 0.5) is 10.9 Å². The van der Waals surface area contributed by atoms with Crippen LogP contribution in [0, 0.1) is 13.8 Å². The lowest BCUT2D eigenvalue weighted by atomic mass is 10.2. The van der Waals surface area contributed by atoms with Gasteiger partial charge in [0.25, 0.3) is 10.0 Å². The standard InChI is InChI=1S/C22H31N7O3S3/c1-6-17-26-18-13(2)12-33-19(18)20(27-17)23-14(3)11-28-7-9-29(10-8-28)35(31,32)21-15(4)24-22(34-21)25-16(5)30/h12,14H,6-11H2,1-5H3,(H,23,26,27)(H,24,25,30). The molecule has 190 valence electrons. The molecule has 3 aromatic rings. The summed E-state index contributed by atoms with van der Waals surface area (Å²) in [6.07, 6.45) is 0.774. The summed E-state index contributed by atoms with van der Waals surface area (Å²) in [6, 6.07) is 0.132. The molecule has 1 atom stereocenters. The van der Waals surface area contributed by atoms with Crippen molar-refractivity contribution in [3.8, 4) is 0 Å². The number of carbonyl (C=O) groups excluding carboxylic acids is 1. The molecule has 0 saturated carbocycles. The van der Waals surface area contributed by atoms with E-state index in [4.69, 9.17) is 4.98 Å². The van der Waals surface area contributed by atoms with Gasteiger partial charge in [-0.3, -0.25) is 9.69 Å². The zero-order chi connectivity index (χ0) is 25.3. The van der Waals surface area contributed by atoms with Crippen LogP contribution in [0.1, 0.15) is 37.9 Å². The van der Waals surface area contributed by atoms with Crippen molar-refractivity contribution < 1.29 is 13.2 Å². The number of hydrogen-bond acceptors (Lipinski definition) is 10. The molecule has 1 unspecified atom stereocenters. The number of amides is 1. The van der Waals surface area contributed by atoms with Crippen LogP contribution in [0.2, 0.25) is 0 Å². The molecule has 35 heavy (non-hydrogen) atoms. The summed E-state index contributed by atoms with van der Waals surface area (Å²) in [5.74, 6) is 1.42. The monoisotopic (exact) mass is 537 g/mol. The smallest absolute Gasteiger partial charge is 0.254 e. The van der Waals surface area contributed by atoms with E-state index in [1.165, 1.54) is 11.2 Å². The van der Waals surface area contributed by atoms with Gasteiger partial charge >= 0.3 is 0 Å². The number of aryl methyl sites for hydroxylation is 3. The number of rotatable bonds is 8. The Balaban J connectivity index is 1.38. The number of thiazole rings is 1. The fourth-order valence-electron chi connectivity index (χ4n) is 4.10. The maximum Gasteiger partial charge on any atom is 0.254 e. The SMILES string of the molecule is CCc1nc(NC(C)CN2CCN(S(=O)(=O)c3sc(NC(C)=O)nc3C)CC2)c2scc(C)c2n1. The number of hydrogen-bond donors (Lipinski definition) is 2. The Morgan fingerprint density at radius 3 is 2.54 bits per heavy atom. The van der Waals surface area contributed by atoms with E-state index in [1.807, 2.05) is 0 Å². The summed E-state index contributed by atoms with van der Waals surface area (Å²) in [6.45, 7) is 12.1. The van der Waals surface area contributed by atoms with Gasteiger partial charge in [0.2, 0.25) is 5.91 Å². The van der Waals surface area contributed by atoms with Gasteiger partial charge in [0.05, 0.1) is 15.9 Å². The van der Waals surface area contributed by atoms with Crippen LogP contribution in [-0.2, 0) is 21.2 Å². The fraction of sp³-hybridized carbons (Fsp3) is 0.545. The lowest BCUT2D eigenvalue weighted by molar-refractivity contribution is -0.114. The second-order valence-electron chi connectivity index (χ2n) is 8.76. The number of thiophene rings is 1. The van der Waals surface area contributed by atoms with Crippen molar-refractivity contribution in [3.63, 3.8) is 0 Å². The maximum absolute atomic E-state index is 13.2. The van der Waals surface area contributed by atoms with Crippen LogP contribution in [0.3, 0.4) is 0 Å². The predicted molar refractivity (Wildman–Crippen MR) is 141 cm³/mol. The van der Waals surface area contributed by atoms with Crippen molar-refractivity contribution in [2.45, 2.75) is 51.3 Å². The van der Waals surface area contributed by atoms with Gasteiger partial charge in [-0.2, -0.15) is 4.31 Å². The van der Waals surface area contributed by atoms with Crippen LogP contribution >= 0.6 is 22.7 Å². The first-order chi connectivity index (χ1) is 16.6. The van der Waals surface area contributed by atoms with Gasteiger partial charge < -0.3 is 10.6 Å². The second kappa shape index (κ2) is 10.4. The van der Waals surface area contributed by atoms with E-state index in [-0.39, 0.29) is 16.2 Å². The van der Waals surface area contributed by atoms with Gasteiger partial charge in [-0.1, -0.05) is 18.3 Å². The highest BCUT2D eigenvalue weighted by Crippen LogP contribution is 2.31. The molecular weight excluding hydrogens is 506 g/mol. The minimum absolute atomic E-state index is 0.132. The summed E-state index contributed by atoms with van der Waals surface area (Å²) in [5, 5.41) is 8.54. The summed E-state index contributed by atoms with van der Waals surface area (Å²) in [5.41, 5.74) is 2.58. The summed E-state index contributed by atoms with van der Waals surface area (Å²) in [4.78, 5) is 27.2. The highest BCUT2D eigenvalue weighted by molar-refractivity contribution is 7.91. The van der Waals surface area contributed by atoms with Crippen molar-refractivity contribution in [3.05, 3.63) is 22.5 Å². The molecule has 0 bridgehead atoms. The summed E-state index contributed by atoms with van der Waals surface area (Å²) >= 11 is 2.65. The molecule has 3 aromatic heterocycles. The topological polar surface area (TPSA) is 120 Å². The maximum atomic E-state index is 13.2. The molecule has 2 N–H and O–H groups in total. The van der Waals surface area contributed by atoms with E-state index in [0.29, 0.717) is 37.0 Å². The normalized spacial score (nSPS) is 16.5. The molecule has 1 saturated heterocycles. The molecular formula is C22H31N7O3S3. The Hall–Kier alpha value is -2.19. The Labute approximate surface area is 213 Å². The largest absolute Gasteiger partial charge is 0.365 e. The number of fused-ring (bicyclic) bond motifs is 1. The van der Waals surface area contributed by atoms with Gasteiger partial charge in [0.15, 0.2) is 9.34 Å². The number of anilines is 2. The molecule has 4 rings (SSSR count). The first-order valence-electron chi connectivity index (χ1n) is 11.6. The first-order valence-corrected chi connectivity index (χ1v) is 14.7. The first kappa shape index (κ1) is 25.9. The fourth-order valence-corrected chi connectivity index (χ4v) is 8.06. The van der Waals surface area contributed by atoms with Crippen LogP contribution in [0.15, 0.2) is 9.59 Å². The zero-order valence-corrected chi connectivity index (χ0v) is 23.0. The number of nitrogens with one attached hydrogen (secondary N) is 2. The quantitative estimate of drug-likeness (QED) is 0.450. The predicted octanol–water partition coefficient (Wildman–Crippen LogP) is 3.09. The average Bonchev–Trinajstić information content (AvgIpc) is 3.36. The van der Waals surface area contributed by atoms with E-state index >= 15 is 0 Å². The Morgan fingerprint density at radius 2 is 1.89 bits per heavy atom. The van der Waals surface area contributed by atoms with E-state index in [2.05, 4.69) is 51.7 Å². The number of carbonyl (C=O) groups is 1. The van der Waals surface area contributed by atoms with Gasteiger partial charge in [-0.05, 0) is 31.7 Å². The molecule has 1 amide bonds. The van der Waals surface area contributed by atoms with E-state index in [0.717, 1.165) is 51.7 Å². The lowest BCUT2D eigenvalue weighted by Crippen LogP contribution is -2.50. The highest BCUT2D eigenvalue weighted by atomic mass is 32.2. The molecule has 1 fully saturated rings. The third kappa shape index (κ3) is 5.64. The number of aromatic nitrogens is 3. The van der Waals surface area contributed by atoms with Crippen LogP contribution in [-0.4, -0.2) is 77.2 Å². The third-order valence-corrected chi connectivity index (χ3v) is 10.5. The van der Waals surface area contributed by atoms with E-state index in [9.17, 15) is 13.2 Å². The van der Waals surface area contributed by atoms with Crippen molar-refractivity contribution in [1.82, 2.24) is 24.2 Å². The van der Waals surface area contributed by atoms with Crippen LogP contribution in [0.25, 0.3) is 10.2 Å². The highest BCUT2D eigenvalue weighted by Gasteiger charge is 2.32. The van der Waals surface area contributed by atoms with Gasteiger partial charge in [-0.25, -0.2) is 23.4 Å². The Morgan fingerprint density at radius 1 is 1.17 bits per heavy atom. The minimum Gasteiger partial charge on any atom is -0.365 e. The van der Waals surface area contributed by atoms with Crippen molar-refractivity contribution in [2.75, 3.05) is 43.4 Å². The van der Waals surface area contributed by atoms with Crippen LogP contribution in [0.5, 0.6) is 0 Å². The van der Waals surface area contributed by atoms with Crippen LogP contribution < -0.4 is 10.6 Å².